The molecule has 0 unspecified atom stereocenters. The summed E-state index contributed by atoms with van der Waals surface area (Å²) in [5.74, 6) is -3.37. The highest BCUT2D eigenvalue weighted by atomic mass is 19.1. The maximum Gasteiger partial charge on any atom is 0.312 e. The lowest BCUT2D eigenvalue weighted by atomic mass is 9.87. The molecule has 194 valence electrons. The number of hydrogen-bond donors (Lipinski definition) is 2. The van der Waals surface area contributed by atoms with Crippen LogP contribution in [0.4, 0.5) is 4.39 Å². The Labute approximate surface area is 208 Å². The Morgan fingerprint density at radius 2 is 1.89 bits per heavy atom. The van der Waals surface area contributed by atoms with Gasteiger partial charge in [0, 0.05) is 34.2 Å². The number of likely N-dealkylation sites (N-methyl/N-ethyl adjacent to an activating group) is 2. The van der Waals surface area contributed by atoms with Gasteiger partial charge in [-0.2, -0.15) is 0 Å². The summed E-state index contributed by atoms with van der Waals surface area (Å²) < 4.78 is 14.8. The Balaban J connectivity index is 2.02. The summed E-state index contributed by atoms with van der Waals surface area (Å²) in [5, 5.41) is 13.2. The first-order chi connectivity index (χ1) is 16.7. The second kappa shape index (κ2) is 10.1. The molecule has 36 heavy (non-hydrogen) atoms. The Hall–Kier alpha value is -3.76. The monoisotopic (exact) mass is 501 g/mol. The van der Waals surface area contributed by atoms with Crippen LogP contribution in [0.2, 0.25) is 0 Å². The number of amides is 3. The lowest BCUT2D eigenvalue weighted by molar-refractivity contribution is -0.151. The number of carbonyl (C=O) groups excluding carboxylic acids is 3. The molecule has 11 heteroatoms. The van der Waals surface area contributed by atoms with Crippen molar-refractivity contribution >= 4 is 17.7 Å². The van der Waals surface area contributed by atoms with Crippen molar-refractivity contribution in [1.82, 2.24) is 24.7 Å². The van der Waals surface area contributed by atoms with Crippen molar-refractivity contribution in [2.24, 2.45) is 5.41 Å². The standard InChI is InChI=1S/C25H32FN5O5/c1-14-11-15(7-8-16(14)26)12-27-21(33)18-19(32)22(34)31-13-25(2,3)10-9-17(20(31)28-18)30(6)24(36)23(35)29(4)5/h7-8,11,17,32H,9-10,12-13H2,1-6H3,(H,27,33)/t17-/m1/s1. The molecule has 0 saturated heterocycles. The second-order valence-corrected chi connectivity index (χ2v) is 10.2. The molecule has 2 aromatic rings. The van der Waals surface area contributed by atoms with Crippen LogP contribution in [0, 0.1) is 18.2 Å². The average molecular weight is 502 g/mol. The van der Waals surface area contributed by atoms with E-state index in [1.165, 1.54) is 42.7 Å². The molecular formula is C25H32FN5O5. The summed E-state index contributed by atoms with van der Waals surface area (Å²) >= 11 is 0. The molecular weight excluding hydrogens is 469 g/mol. The number of rotatable bonds is 4. The summed E-state index contributed by atoms with van der Waals surface area (Å²) in [6, 6.07) is 3.61. The molecule has 1 aromatic carbocycles. The van der Waals surface area contributed by atoms with Crippen LogP contribution in [0.5, 0.6) is 5.75 Å². The van der Waals surface area contributed by atoms with Gasteiger partial charge in [0.25, 0.3) is 11.5 Å². The molecule has 3 rings (SSSR count). The first-order valence-electron chi connectivity index (χ1n) is 11.6. The smallest absolute Gasteiger partial charge is 0.312 e. The molecule has 0 saturated carbocycles. The Bertz CT molecular complexity index is 1270. The zero-order valence-electron chi connectivity index (χ0n) is 21.4. The van der Waals surface area contributed by atoms with E-state index in [1.54, 1.807) is 13.0 Å². The van der Waals surface area contributed by atoms with Crippen LogP contribution in [0.15, 0.2) is 23.0 Å². The zero-order chi connectivity index (χ0) is 26.9. The first-order valence-corrected chi connectivity index (χ1v) is 11.6. The number of aryl methyl sites for hydroxylation is 1. The third kappa shape index (κ3) is 5.39. The zero-order valence-corrected chi connectivity index (χ0v) is 21.4. The molecule has 1 aliphatic heterocycles. The number of benzene rings is 1. The molecule has 0 fully saturated rings. The molecule has 10 nitrogen and oxygen atoms in total. The van der Waals surface area contributed by atoms with Gasteiger partial charge in [0.2, 0.25) is 5.75 Å². The van der Waals surface area contributed by atoms with E-state index in [-0.39, 0.29) is 30.1 Å². The van der Waals surface area contributed by atoms with Crippen LogP contribution in [-0.4, -0.2) is 63.3 Å². The number of halogens is 1. The van der Waals surface area contributed by atoms with Crippen molar-refractivity contribution in [2.75, 3.05) is 21.1 Å². The molecule has 0 radical (unpaired) electrons. The summed E-state index contributed by atoms with van der Waals surface area (Å²) in [6.45, 7) is 5.72. The molecule has 0 aliphatic carbocycles. The first kappa shape index (κ1) is 26.8. The topological polar surface area (TPSA) is 125 Å². The Morgan fingerprint density at radius 3 is 2.50 bits per heavy atom. The Kier molecular flexibility index (Phi) is 7.51. The summed E-state index contributed by atoms with van der Waals surface area (Å²) in [7, 11) is 4.38. The number of aromatic nitrogens is 2. The number of fused-ring (bicyclic) bond motifs is 1. The number of aromatic hydroxyl groups is 1. The highest BCUT2D eigenvalue weighted by molar-refractivity contribution is 6.34. The normalized spacial score (nSPS) is 16.5. The van der Waals surface area contributed by atoms with Gasteiger partial charge >= 0.3 is 11.8 Å². The summed E-state index contributed by atoms with van der Waals surface area (Å²) in [4.78, 5) is 58.0. The lowest BCUT2D eigenvalue weighted by Gasteiger charge is -2.28. The van der Waals surface area contributed by atoms with Crippen LogP contribution < -0.4 is 10.9 Å². The van der Waals surface area contributed by atoms with Crippen LogP contribution in [-0.2, 0) is 22.7 Å². The SMILES string of the molecule is Cc1cc(CNC(=O)c2nc3n(c(=O)c2O)CC(C)(C)CC[C@H]3N(C)C(=O)C(=O)N(C)C)ccc1F. The van der Waals surface area contributed by atoms with Crippen LogP contribution in [0.3, 0.4) is 0 Å². The quantitative estimate of drug-likeness (QED) is 0.615. The molecule has 0 bridgehead atoms. The number of nitrogens with zero attached hydrogens (tertiary/aromatic N) is 4. The van der Waals surface area contributed by atoms with Crippen molar-refractivity contribution in [1.29, 1.82) is 0 Å². The van der Waals surface area contributed by atoms with Crippen LogP contribution in [0.1, 0.15) is 60.2 Å². The third-order valence-electron chi connectivity index (χ3n) is 6.42. The predicted octanol–water partition coefficient (Wildman–Crippen LogP) is 1.73. The minimum Gasteiger partial charge on any atom is -0.501 e. The summed E-state index contributed by atoms with van der Waals surface area (Å²) in [6.07, 6.45) is 0.990. The molecule has 1 aromatic heterocycles. The lowest BCUT2D eigenvalue weighted by Crippen LogP contribution is -2.43. The summed E-state index contributed by atoms with van der Waals surface area (Å²) in [5.41, 5.74) is -0.616. The van der Waals surface area contributed by atoms with E-state index in [0.29, 0.717) is 24.0 Å². The van der Waals surface area contributed by atoms with Gasteiger partial charge in [0.05, 0.1) is 6.04 Å². The molecule has 2 heterocycles. The van der Waals surface area contributed by atoms with E-state index in [1.807, 2.05) is 13.8 Å². The second-order valence-electron chi connectivity index (χ2n) is 10.2. The molecule has 3 amide bonds. The fraction of sp³-hybridized carbons (Fsp3) is 0.480. The van der Waals surface area contributed by atoms with Crippen molar-refractivity contribution in [3.8, 4) is 5.75 Å². The molecule has 1 atom stereocenters. The fourth-order valence-corrected chi connectivity index (χ4v) is 4.22. The van der Waals surface area contributed by atoms with Crippen molar-refractivity contribution in [3.63, 3.8) is 0 Å². The van der Waals surface area contributed by atoms with Gasteiger partial charge in [-0.15, -0.1) is 0 Å². The molecule has 1 aliphatic rings. The molecule has 2 N–H and O–H groups in total. The molecule has 0 spiro atoms. The maximum absolute atomic E-state index is 13.5. The Morgan fingerprint density at radius 1 is 1.22 bits per heavy atom. The van der Waals surface area contributed by atoms with Gasteiger partial charge < -0.3 is 20.2 Å². The van der Waals surface area contributed by atoms with E-state index in [9.17, 15) is 28.7 Å². The van der Waals surface area contributed by atoms with Gasteiger partial charge in [-0.3, -0.25) is 23.7 Å². The van der Waals surface area contributed by atoms with Gasteiger partial charge in [0.15, 0.2) is 5.69 Å². The minimum atomic E-state index is -0.804. The fourth-order valence-electron chi connectivity index (χ4n) is 4.22. The number of carbonyl (C=O) groups is 3. The van der Waals surface area contributed by atoms with E-state index in [4.69, 9.17) is 0 Å². The van der Waals surface area contributed by atoms with Crippen LogP contribution in [0.25, 0.3) is 0 Å². The van der Waals surface area contributed by atoms with Gasteiger partial charge in [-0.1, -0.05) is 26.0 Å². The highest BCUT2D eigenvalue weighted by Gasteiger charge is 2.37. The van der Waals surface area contributed by atoms with Crippen molar-refractivity contribution in [2.45, 2.75) is 52.7 Å². The maximum atomic E-state index is 13.5. The van der Waals surface area contributed by atoms with Crippen molar-refractivity contribution in [3.05, 3.63) is 57.0 Å². The number of hydrogen-bond acceptors (Lipinski definition) is 6. The van der Waals surface area contributed by atoms with Gasteiger partial charge in [-0.25, -0.2) is 9.37 Å². The third-order valence-corrected chi connectivity index (χ3v) is 6.42. The van der Waals surface area contributed by atoms with Gasteiger partial charge in [0.1, 0.15) is 11.6 Å². The van der Waals surface area contributed by atoms with Crippen LogP contribution >= 0.6 is 0 Å². The van der Waals surface area contributed by atoms with E-state index >= 15 is 0 Å². The van der Waals surface area contributed by atoms with E-state index < -0.39 is 40.8 Å². The predicted molar refractivity (Wildman–Crippen MR) is 130 cm³/mol. The van der Waals surface area contributed by atoms with Gasteiger partial charge in [-0.05, 0) is 42.4 Å². The highest BCUT2D eigenvalue weighted by Crippen LogP contribution is 2.36. The van der Waals surface area contributed by atoms with E-state index in [2.05, 4.69) is 10.3 Å². The minimum absolute atomic E-state index is 0.0195. The number of nitrogens with one attached hydrogen (secondary N) is 1. The van der Waals surface area contributed by atoms with E-state index in [0.717, 1.165) is 4.90 Å². The average Bonchev–Trinajstić information content (AvgIpc) is 2.95. The largest absolute Gasteiger partial charge is 0.501 e. The van der Waals surface area contributed by atoms with Crippen molar-refractivity contribution < 1.29 is 23.9 Å².